The lowest BCUT2D eigenvalue weighted by Crippen LogP contribution is -2.12. The lowest BCUT2D eigenvalue weighted by atomic mass is 10.0. The Labute approximate surface area is 118 Å². The second kappa shape index (κ2) is 5.84. The van der Waals surface area contributed by atoms with Crippen molar-refractivity contribution in [1.29, 1.82) is 0 Å². The van der Waals surface area contributed by atoms with Crippen LogP contribution >= 0.6 is 11.3 Å². The molecule has 0 aliphatic carbocycles. The molecule has 1 unspecified atom stereocenters. The van der Waals surface area contributed by atoms with Crippen LogP contribution in [0.1, 0.15) is 34.1 Å². The molecule has 5 heteroatoms. The highest BCUT2D eigenvalue weighted by molar-refractivity contribution is 7.09. The molecule has 0 saturated heterocycles. The highest BCUT2D eigenvalue weighted by atomic mass is 32.1. The van der Waals surface area contributed by atoms with E-state index in [0.717, 1.165) is 29.2 Å². The first-order valence-electron chi connectivity index (χ1n) is 6.55. The molecule has 0 bridgehead atoms. The Morgan fingerprint density at radius 1 is 1.37 bits per heavy atom. The summed E-state index contributed by atoms with van der Waals surface area (Å²) in [5.41, 5.74) is 4.51. The zero-order valence-electron chi connectivity index (χ0n) is 12.0. The molecule has 0 fully saturated rings. The van der Waals surface area contributed by atoms with Crippen molar-refractivity contribution in [2.24, 2.45) is 7.05 Å². The van der Waals surface area contributed by atoms with E-state index in [-0.39, 0.29) is 6.10 Å². The zero-order chi connectivity index (χ0) is 14.0. The summed E-state index contributed by atoms with van der Waals surface area (Å²) in [5.74, 6) is 0. The maximum atomic E-state index is 10.1. The number of aliphatic hydroxyl groups is 1. The lowest BCUT2D eigenvalue weighted by molar-refractivity contribution is 0.164. The monoisotopic (exact) mass is 279 g/mol. The van der Waals surface area contributed by atoms with Crippen LogP contribution < -0.4 is 0 Å². The molecule has 4 nitrogen and oxygen atoms in total. The van der Waals surface area contributed by atoms with E-state index in [9.17, 15) is 5.11 Å². The molecule has 0 aliphatic rings. The minimum absolute atomic E-state index is 0.333. The Bertz CT molecular complexity index is 559. The summed E-state index contributed by atoms with van der Waals surface area (Å²) in [4.78, 5) is 4.39. The largest absolute Gasteiger partial charge is 0.393 e. The van der Waals surface area contributed by atoms with Gasteiger partial charge >= 0.3 is 0 Å². The Morgan fingerprint density at radius 2 is 2.11 bits per heavy atom. The second-order valence-electron chi connectivity index (χ2n) is 5.03. The van der Waals surface area contributed by atoms with Gasteiger partial charge in [0.05, 0.1) is 22.5 Å². The van der Waals surface area contributed by atoms with E-state index in [1.165, 1.54) is 11.3 Å². The first kappa shape index (κ1) is 14.2. The Hall–Kier alpha value is -1.20. The molecule has 104 valence electrons. The fourth-order valence-electron chi connectivity index (χ4n) is 2.34. The molecule has 2 heterocycles. The van der Waals surface area contributed by atoms with Crippen LogP contribution in [0.5, 0.6) is 0 Å². The van der Waals surface area contributed by atoms with Gasteiger partial charge in [0.25, 0.3) is 0 Å². The van der Waals surface area contributed by atoms with Gasteiger partial charge in [-0.1, -0.05) is 0 Å². The van der Waals surface area contributed by atoms with E-state index in [1.807, 2.05) is 31.0 Å². The summed E-state index contributed by atoms with van der Waals surface area (Å²) in [5, 5.41) is 17.6. The first-order valence-corrected chi connectivity index (χ1v) is 7.43. The smallest absolute Gasteiger partial charge is 0.0897 e. The molecular weight excluding hydrogens is 258 g/mol. The van der Waals surface area contributed by atoms with E-state index in [1.54, 1.807) is 11.3 Å². The van der Waals surface area contributed by atoms with Crippen molar-refractivity contribution in [1.82, 2.24) is 14.8 Å². The van der Waals surface area contributed by atoms with E-state index in [0.29, 0.717) is 6.42 Å². The molecule has 2 rings (SSSR count). The molecule has 0 spiro atoms. The predicted octanol–water partition coefficient (Wildman–Crippen LogP) is 2.34. The van der Waals surface area contributed by atoms with Gasteiger partial charge < -0.3 is 5.11 Å². The lowest BCUT2D eigenvalue weighted by Gasteiger charge is -2.09. The highest BCUT2D eigenvalue weighted by Crippen LogP contribution is 2.17. The van der Waals surface area contributed by atoms with Crippen molar-refractivity contribution < 1.29 is 5.11 Å². The molecule has 1 atom stereocenters. The van der Waals surface area contributed by atoms with Gasteiger partial charge in [0.15, 0.2) is 0 Å². The molecular formula is C14H21N3OS. The normalized spacial score (nSPS) is 12.9. The molecule has 0 amide bonds. The van der Waals surface area contributed by atoms with Crippen molar-refractivity contribution in [2.45, 2.75) is 46.1 Å². The van der Waals surface area contributed by atoms with Gasteiger partial charge in [-0.25, -0.2) is 4.98 Å². The van der Waals surface area contributed by atoms with Crippen molar-refractivity contribution >= 4 is 11.3 Å². The van der Waals surface area contributed by atoms with E-state index < -0.39 is 0 Å². The molecule has 19 heavy (non-hydrogen) atoms. The molecule has 0 aromatic carbocycles. The van der Waals surface area contributed by atoms with Crippen LogP contribution in [0.3, 0.4) is 0 Å². The van der Waals surface area contributed by atoms with E-state index in [4.69, 9.17) is 0 Å². The SMILES string of the molecule is Cc1nc(CC(O)CCc2c(C)nn(C)c2C)cs1. The van der Waals surface area contributed by atoms with Gasteiger partial charge in [-0.05, 0) is 39.2 Å². The molecule has 1 N–H and O–H groups in total. The molecule has 2 aromatic heterocycles. The van der Waals surface area contributed by atoms with E-state index >= 15 is 0 Å². The molecule has 0 radical (unpaired) electrons. The average molecular weight is 279 g/mol. The van der Waals surface area contributed by atoms with Crippen LogP contribution in [0.2, 0.25) is 0 Å². The number of nitrogens with zero attached hydrogens (tertiary/aromatic N) is 3. The highest BCUT2D eigenvalue weighted by Gasteiger charge is 2.13. The van der Waals surface area contributed by atoms with Gasteiger partial charge in [0.2, 0.25) is 0 Å². The second-order valence-corrected chi connectivity index (χ2v) is 6.09. The number of aryl methyl sites for hydroxylation is 3. The minimum Gasteiger partial charge on any atom is -0.393 e. The van der Waals surface area contributed by atoms with Crippen LogP contribution in [-0.4, -0.2) is 26.0 Å². The third-order valence-electron chi connectivity index (χ3n) is 3.50. The third kappa shape index (κ3) is 3.42. The van der Waals surface area contributed by atoms with Crippen LogP contribution in [0.4, 0.5) is 0 Å². The molecule has 0 aliphatic heterocycles. The minimum atomic E-state index is -0.333. The maximum absolute atomic E-state index is 10.1. The van der Waals surface area contributed by atoms with Gasteiger partial charge in [-0.3, -0.25) is 4.68 Å². The molecule has 0 saturated carbocycles. The van der Waals surface area contributed by atoms with Crippen molar-refractivity contribution in [2.75, 3.05) is 0 Å². The first-order chi connectivity index (χ1) is 8.97. The quantitative estimate of drug-likeness (QED) is 0.914. The third-order valence-corrected chi connectivity index (χ3v) is 4.32. The fraction of sp³-hybridized carbons (Fsp3) is 0.571. The number of rotatable bonds is 5. The summed E-state index contributed by atoms with van der Waals surface area (Å²) < 4.78 is 1.90. The number of aromatic nitrogens is 3. The summed E-state index contributed by atoms with van der Waals surface area (Å²) in [7, 11) is 1.96. The predicted molar refractivity (Wildman–Crippen MR) is 77.6 cm³/mol. The van der Waals surface area contributed by atoms with E-state index in [2.05, 4.69) is 17.0 Å². The number of hydrogen-bond acceptors (Lipinski definition) is 4. The number of aliphatic hydroxyl groups excluding tert-OH is 1. The summed E-state index contributed by atoms with van der Waals surface area (Å²) in [6, 6.07) is 0. The summed E-state index contributed by atoms with van der Waals surface area (Å²) in [6.45, 7) is 6.09. The van der Waals surface area contributed by atoms with Crippen LogP contribution in [0.15, 0.2) is 5.38 Å². The van der Waals surface area contributed by atoms with Gasteiger partial charge in [0.1, 0.15) is 0 Å². The van der Waals surface area contributed by atoms with Crippen LogP contribution in [-0.2, 0) is 19.9 Å². The van der Waals surface area contributed by atoms with Gasteiger partial charge in [-0.2, -0.15) is 5.10 Å². The fourth-order valence-corrected chi connectivity index (χ4v) is 2.96. The van der Waals surface area contributed by atoms with Crippen molar-refractivity contribution in [3.8, 4) is 0 Å². The van der Waals surface area contributed by atoms with Crippen molar-refractivity contribution in [3.63, 3.8) is 0 Å². The topological polar surface area (TPSA) is 50.9 Å². The standard InChI is InChI=1S/C14H21N3OS/c1-9-14(10(2)17(4)16-9)6-5-13(18)7-12-8-19-11(3)15-12/h8,13,18H,5-7H2,1-4H3. The van der Waals surface area contributed by atoms with Crippen molar-refractivity contribution in [3.05, 3.63) is 33.0 Å². The zero-order valence-corrected chi connectivity index (χ0v) is 12.8. The number of thiazole rings is 1. The Morgan fingerprint density at radius 3 is 2.63 bits per heavy atom. The Balaban J connectivity index is 1.91. The van der Waals surface area contributed by atoms with Crippen LogP contribution in [0.25, 0.3) is 0 Å². The van der Waals surface area contributed by atoms with Gasteiger partial charge in [-0.15, -0.1) is 11.3 Å². The summed E-state index contributed by atoms with van der Waals surface area (Å²) in [6.07, 6.45) is 1.93. The summed E-state index contributed by atoms with van der Waals surface area (Å²) >= 11 is 1.63. The average Bonchev–Trinajstić information content (AvgIpc) is 2.83. The molecule has 2 aromatic rings. The number of hydrogen-bond donors (Lipinski definition) is 1. The maximum Gasteiger partial charge on any atom is 0.0897 e. The van der Waals surface area contributed by atoms with Crippen LogP contribution in [0, 0.1) is 20.8 Å². The van der Waals surface area contributed by atoms with Gasteiger partial charge in [0, 0.05) is 24.5 Å². The Kier molecular flexibility index (Phi) is 4.37.